The standard InChI is InChI=1S/C11H19NO4.C2H6/c1-4-7-12(8-5-10(13)15-2)9-6-11(14)16-3;1-2/h4H,1,5-9H2,2-3H3;1-2H3. The Balaban J connectivity index is 0. The molecule has 0 saturated heterocycles. The van der Waals surface area contributed by atoms with Crippen molar-refractivity contribution in [3.8, 4) is 0 Å². The highest BCUT2D eigenvalue weighted by atomic mass is 16.5. The van der Waals surface area contributed by atoms with Gasteiger partial charge in [-0.15, -0.1) is 6.58 Å². The molecule has 0 fully saturated rings. The van der Waals surface area contributed by atoms with Crippen molar-refractivity contribution in [3.05, 3.63) is 12.7 Å². The lowest BCUT2D eigenvalue weighted by molar-refractivity contribution is -0.141. The summed E-state index contributed by atoms with van der Waals surface area (Å²) >= 11 is 0. The van der Waals surface area contributed by atoms with Crippen molar-refractivity contribution >= 4 is 11.9 Å². The van der Waals surface area contributed by atoms with E-state index in [1.807, 2.05) is 18.7 Å². The molecule has 0 amide bonds. The van der Waals surface area contributed by atoms with Gasteiger partial charge < -0.3 is 9.47 Å². The molecule has 0 rings (SSSR count). The molecule has 0 radical (unpaired) electrons. The Morgan fingerprint density at radius 1 is 1.06 bits per heavy atom. The lowest BCUT2D eigenvalue weighted by atomic mass is 10.3. The molecule has 5 heteroatoms. The van der Waals surface area contributed by atoms with E-state index < -0.39 is 0 Å². The first-order valence-electron chi connectivity index (χ1n) is 6.11. The van der Waals surface area contributed by atoms with Gasteiger partial charge in [0.25, 0.3) is 0 Å². The Kier molecular flexibility index (Phi) is 14.5. The summed E-state index contributed by atoms with van der Waals surface area (Å²) in [7, 11) is 2.71. The molecule has 0 unspecified atom stereocenters. The van der Waals surface area contributed by atoms with E-state index in [4.69, 9.17) is 0 Å². The van der Waals surface area contributed by atoms with Gasteiger partial charge in [0.15, 0.2) is 0 Å². The maximum absolute atomic E-state index is 10.9. The zero-order valence-corrected chi connectivity index (χ0v) is 11.9. The lowest BCUT2D eigenvalue weighted by Gasteiger charge is -2.19. The number of carbonyl (C=O) groups is 2. The Bertz CT molecular complexity index is 221. The van der Waals surface area contributed by atoms with Crippen molar-refractivity contribution in [2.45, 2.75) is 26.7 Å². The van der Waals surface area contributed by atoms with Crippen molar-refractivity contribution in [3.63, 3.8) is 0 Å². The van der Waals surface area contributed by atoms with Crippen LogP contribution < -0.4 is 0 Å². The molecule has 18 heavy (non-hydrogen) atoms. The number of esters is 2. The van der Waals surface area contributed by atoms with Gasteiger partial charge in [0.05, 0.1) is 27.1 Å². The number of nitrogens with zero attached hydrogens (tertiary/aromatic N) is 1. The van der Waals surface area contributed by atoms with Gasteiger partial charge in [0, 0.05) is 19.6 Å². The van der Waals surface area contributed by atoms with E-state index in [0.717, 1.165) is 0 Å². The zero-order valence-electron chi connectivity index (χ0n) is 11.9. The Labute approximate surface area is 110 Å². The quantitative estimate of drug-likeness (QED) is 0.490. The number of hydrogen-bond acceptors (Lipinski definition) is 5. The Morgan fingerprint density at radius 3 is 1.72 bits per heavy atom. The summed E-state index contributed by atoms with van der Waals surface area (Å²) in [6.07, 6.45) is 2.35. The van der Waals surface area contributed by atoms with Crippen LogP contribution in [0.4, 0.5) is 0 Å². The van der Waals surface area contributed by atoms with Crippen LogP contribution in [0.25, 0.3) is 0 Å². The van der Waals surface area contributed by atoms with Gasteiger partial charge >= 0.3 is 11.9 Å². The highest BCUT2D eigenvalue weighted by molar-refractivity contribution is 5.70. The summed E-state index contributed by atoms with van der Waals surface area (Å²) in [5.74, 6) is -0.515. The monoisotopic (exact) mass is 259 g/mol. The molecule has 0 aromatic carbocycles. The number of carbonyl (C=O) groups excluding carboxylic acids is 2. The van der Waals surface area contributed by atoms with Crippen LogP contribution in [-0.4, -0.2) is 50.7 Å². The predicted octanol–water partition coefficient (Wildman–Crippen LogP) is 1.63. The molecule has 106 valence electrons. The van der Waals surface area contributed by atoms with Crippen molar-refractivity contribution in [1.29, 1.82) is 0 Å². The van der Waals surface area contributed by atoms with Crippen molar-refractivity contribution in [2.24, 2.45) is 0 Å². The SMILES string of the molecule is C=CCN(CCC(=O)OC)CCC(=O)OC.CC. The Hall–Kier alpha value is -1.36. The highest BCUT2D eigenvalue weighted by Gasteiger charge is 2.09. The van der Waals surface area contributed by atoms with Gasteiger partial charge in [0.2, 0.25) is 0 Å². The molecule has 0 aliphatic rings. The number of hydrogen-bond donors (Lipinski definition) is 0. The number of ether oxygens (including phenoxy) is 2. The third-order valence-corrected chi connectivity index (χ3v) is 2.11. The van der Waals surface area contributed by atoms with E-state index in [0.29, 0.717) is 32.5 Å². The van der Waals surface area contributed by atoms with Crippen molar-refractivity contribution < 1.29 is 19.1 Å². The van der Waals surface area contributed by atoms with Gasteiger partial charge in [0.1, 0.15) is 0 Å². The first-order chi connectivity index (χ1) is 8.63. The second-order valence-corrected chi connectivity index (χ2v) is 3.24. The second-order valence-electron chi connectivity index (χ2n) is 3.24. The zero-order chi connectivity index (χ0) is 14.4. The van der Waals surface area contributed by atoms with Crippen LogP contribution in [0.15, 0.2) is 12.7 Å². The minimum Gasteiger partial charge on any atom is -0.469 e. The van der Waals surface area contributed by atoms with E-state index in [1.165, 1.54) is 14.2 Å². The van der Waals surface area contributed by atoms with E-state index in [1.54, 1.807) is 6.08 Å². The molecule has 0 aliphatic carbocycles. The van der Waals surface area contributed by atoms with Crippen LogP contribution in [0.1, 0.15) is 26.7 Å². The van der Waals surface area contributed by atoms with Crippen LogP contribution in [0, 0.1) is 0 Å². The summed E-state index contributed by atoms with van der Waals surface area (Å²) in [5, 5.41) is 0. The topological polar surface area (TPSA) is 55.8 Å². The first-order valence-corrected chi connectivity index (χ1v) is 6.11. The largest absolute Gasteiger partial charge is 0.469 e. The molecular weight excluding hydrogens is 234 g/mol. The second kappa shape index (κ2) is 13.7. The van der Waals surface area contributed by atoms with E-state index in [-0.39, 0.29) is 11.9 Å². The summed E-state index contributed by atoms with van der Waals surface area (Å²) in [6.45, 7) is 9.36. The molecule has 0 spiro atoms. The van der Waals surface area contributed by atoms with Crippen LogP contribution >= 0.6 is 0 Å². The predicted molar refractivity (Wildman–Crippen MR) is 71.3 cm³/mol. The lowest BCUT2D eigenvalue weighted by Crippen LogP contribution is -2.29. The maximum atomic E-state index is 10.9. The van der Waals surface area contributed by atoms with E-state index >= 15 is 0 Å². The Morgan fingerprint density at radius 2 is 1.44 bits per heavy atom. The summed E-state index contributed by atoms with van der Waals surface area (Å²) in [4.78, 5) is 23.8. The molecule has 0 heterocycles. The fourth-order valence-corrected chi connectivity index (χ4v) is 1.18. The third kappa shape index (κ3) is 11.1. The summed E-state index contributed by atoms with van der Waals surface area (Å²) in [5.41, 5.74) is 0. The average Bonchev–Trinajstić information content (AvgIpc) is 2.43. The third-order valence-electron chi connectivity index (χ3n) is 2.11. The molecule has 0 atom stereocenters. The van der Waals surface area contributed by atoms with Gasteiger partial charge in [-0.2, -0.15) is 0 Å². The molecule has 0 aromatic heterocycles. The first kappa shape index (κ1) is 19.0. The van der Waals surface area contributed by atoms with Gasteiger partial charge in [-0.25, -0.2) is 0 Å². The number of rotatable bonds is 8. The normalized spacial score (nSPS) is 9.17. The number of methoxy groups -OCH3 is 2. The van der Waals surface area contributed by atoms with Crippen LogP contribution in [-0.2, 0) is 19.1 Å². The minimum absolute atomic E-state index is 0.257. The molecule has 0 aliphatic heterocycles. The van der Waals surface area contributed by atoms with Gasteiger partial charge in [-0.05, 0) is 0 Å². The fourth-order valence-electron chi connectivity index (χ4n) is 1.18. The average molecular weight is 259 g/mol. The summed E-state index contributed by atoms with van der Waals surface area (Å²) in [6, 6.07) is 0. The maximum Gasteiger partial charge on any atom is 0.306 e. The highest BCUT2D eigenvalue weighted by Crippen LogP contribution is 1.97. The summed E-state index contributed by atoms with van der Waals surface area (Å²) < 4.78 is 9.08. The van der Waals surface area contributed by atoms with Crippen molar-refractivity contribution in [1.82, 2.24) is 4.90 Å². The van der Waals surface area contributed by atoms with Crippen LogP contribution in [0.2, 0.25) is 0 Å². The van der Waals surface area contributed by atoms with E-state index in [9.17, 15) is 9.59 Å². The molecule has 0 N–H and O–H groups in total. The molecular formula is C13H25NO4. The molecule has 0 saturated carbocycles. The van der Waals surface area contributed by atoms with Gasteiger partial charge in [-0.1, -0.05) is 19.9 Å². The van der Waals surface area contributed by atoms with Crippen molar-refractivity contribution in [2.75, 3.05) is 33.9 Å². The van der Waals surface area contributed by atoms with Crippen LogP contribution in [0.3, 0.4) is 0 Å². The molecule has 5 nitrogen and oxygen atoms in total. The van der Waals surface area contributed by atoms with E-state index in [2.05, 4.69) is 16.1 Å². The van der Waals surface area contributed by atoms with Gasteiger partial charge in [-0.3, -0.25) is 14.5 Å². The molecule has 0 aromatic rings. The minimum atomic E-state index is -0.257. The molecule has 0 bridgehead atoms. The van der Waals surface area contributed by atoms with Crippen LogP contribution in [0.5, 0.6) is 0 Å². The smallest absolute Gasteiger partial charge is 0.306 e. The fraction of sp³-hybridized carbons (Fsp3) is 0.692.